The van der Waals surface area contributed by atoms with Crippen LogP contribution in [0.25, 0.3) is 0 Å². The molecule has 0 aliphatic rings. The molecule has 1 N–H and O–H groups in total. The Bertz CT molecular complexity index is 462. The van der Waals surface area contributed by atoms with Crippen LogP contribution in [0.2, 0.25) is 0 Å². The molecular weight excluding hydrogens is 202 g/mol. The number of aryl methyl sites for hydroxylation is 1. The smallest absolute Gasteiger partial charge is 0.142 e. The third kappa shape index (κ3) is 2.14. The molecule has 0 fully saturated rings. The van der Waals surface area contributed by atoms with Gasteiger partial charge in [-0.05, 0) is 19.4 Å². The molecule has 0 saturated heterocycles. The lowest BCUT2D eigenvalue weighted by Gasteiger charge is -2.08. The Balaban J connectivity index is 2.14. The molecule has 2 aromatic rings. The Morgan fingerprint density at radius 2 is 1.94 bits per heavy atom. The average Bonchev–Trinajstić information content (AvgIpc) is 2.62. The lowest BCUT2D eigenvalue weighted by Crippen LogP contribution is -2.01. The normalized spacial score (nSPS) is 12.7. The first-order chi connectivity index (χ1) is 7.68. The minimum absolute atomic E-state index is 0.469. The van der Waals surface area contributed by atoms with Crippen LogP contribution in [0.3, 0.4) is 0 Å². The summed E-state index contributed by atoms with van der Waals surface area (Å²) in [7, 11) is 0. The van der Waals surface area contributed by atoms with Crippen LogP contribution in [0.4, 0.5) is 0 Å². The van der Waals surface area contributed by atoms with Crippen molar-refractivity contribution in [2.45, 2.75) is 26.4 Å². The van der Waals surface area contributed by atoms with E-state index in [1.165, 1.54) is 0 Å². The van der Waals surface area contributed by atoms with Gasteiger partial charge >= 0.3 is 0 Å². The van der Waals surface area contributed by atoms with Crippen molar-refractivity contribution in [1.29, 1.82) is 0 Å². The van der Waals surface area contributed by atoms with Gasteiger partial charge in [0.2, 0.25) is 0 Å². The van der Waals surface area contributed by atoms with Gasteiger partial charge < -0.3 is 9.63 Å². The Morgan fingerprint density at radius 3 is 2.50 bits per heavy atom. The summed E-state index contributed by atoms with van der Waals surface area (Å²) in [5.74, 6) is 0.758. The lowest BCUT2D eigenvalue weighted by atomic mass is 10.0. The Morgan fingerprint density at radius 1 is 1.25 bits per heavy atom. The summed E-state index contributed by atoms with van der Waals surface area (Å²) in [6, 6.07) is 9.57. The van der Waals surface area contributed by atoms with E-state index < -0.39 is 6.10 Å². The molecule has 3 heteroatoms. The fourth-order valence-electron chi connectivity index (χ4n) is 1.62. The van der Waals surface area contributed by atoms with Crippen LogP contribution in [0.15, 0.2) is 34.9 Å². The van der Waals surface area contributed by atoms with E-state index in [1.54, 1.807) is 0 Å². The van der Waals surface area contributed by atoms with Gasteiger partial charge in [-0.3, -0.25) is 0 Å². The number of aliphatic hydroxyl groups excluding tert-OH is 1. The number of hydrogen-bond donors (Lipinski definition) is 1. The number of hydrogen-bond acceptors (Lipinski definition) is 3. The molecule has 2 rings (SSSR count). The highest BCUT2D eigenvalue weighted by Gasteiger charge is 2.14. The van der Waals surface area contributed by atoms with E-state index in [4.69, 9.17) is 4.52 Å². The van der Waals surface area contributed by atoms with Crippen molar-refractivity contribution >= 4 is 0 Å². The maximum Gasteiger partial charge on any atom is 0.142 e. The SMILES string of the molecule is Cc1noc(CC(O)c2ccccc2)c1C. The second kappa shape index (κ2) is 4.49. The molecule has 1 aromatic carbocycles. The first-order valence-electron chi connectivity index (χ1n) is 5.33. The van der Waals surface area contributed by atoms with Crippen LogP contribution < -0.4 is 0 Å². The van der Waals surface area contributed by atoms with Gasteiger partial charge in [0, 0.05) is 12.0 Å². The molecule has 0 saturated carbocycles. The van der Waals surface area contributed by atoms with E-state index in [9.17, 15) is 5.11 Å². The standard InChI is InChI=1S/C13H15NO2/c1-9-10(2)14-16-13(9)8-12(15)11-6-4-3-5-7-11/h3-7,12,15H,8H2,1-2H3. The highest BCUT2D eigenvalue weighted by molar-refractivity contribution is 5.23. The Hall–Kier alpha value is -1.61. The van der Waals surface area contributed by atoms with Crippen LogP contribution in [0.1, 0.15) is 28.7 Å². The number of rotatable bonds is 3. The zero-order valence-electron chi connectivity index (χ0n) is 9.47. The third-order valence-electron chi connectivity index (χ3n) is 2.82. The molecule has 0 bridgehead atoms. The largest absolute Gasteiger partial charge is 0.388 e. The van der Waals surface area contributed by atoms with Crippen molar-refractivity contribution < 1.29 is 9.63 Å². The molecule has 0 radical (unpaired) electrons. The molecule has 1 aromatic heterocycles. The Labute approximate surface area is 94.7 Å². The minimum Gasteiger partial charge on any atom is -0.388 e. The van der Waals surface area contributed by atoms with E-state index in [-0.39, 0.29) is 0 Å². The molecule has 0 aliphatic carbocycles. The van der Waals surface area contributed by atoms with E-state index in [0.29, 0.717) is 6.42 Å². The van der Waals surface area contributed by atoms with Crippen LogP contribution in [-0.2, 0) is 6.42 Å². The molecule has 1 unspecified atom stereocenters. The summed E-state index contributed by atoms with van der Waals surface area (Å²) >= 11 is 0. The van der Waals surface area contributed by atoms with Gasteiger partial charge in [0.1, 0.15) is 5.76 Å². The van der Waals surface area contributed by atoms with Crippen molar-refractivity contribution in [2.24, 2.45) is 0 Å². The highest BCUT2D eigenvalue weighted by atomic mass is 16.5. The van der Waals surface area contributed by atoms with Crippen molar-refractivity contribution in [3.05, 3.63) is 52.9 Å². The summed E-state index contributed by atoms with van der Waals surface area (Å²) in [5.41, 5.74) is 2.81. The predicted molar refractivity (Wildman–Crippen MR) is 61.1 cm³/mol. The topological polar surface area (TPSA) is 46.3 Å². The minimum atomic E-state index is -0.535. The summed E-state index contributed by atoms with van der Waals surface area (Å²) in [6.45, 7) is 3.86. The maximum atomic E-state index is 10.0. The molecule has 0 spiro atoms. The van der Waals surface area contributed by atoms with E-state index in [0.717, 1.165) is 22.6 Å². The van der Waals surface area contributed by atoms with Gasteiger partial charge in [-0.1, -0.05) is 35.5 Å². The number of benzene rings is 1. The van der Waals surface area contributed by atoms with Crippen molar-refractivity contribution in [3.63, 3.8) is 0 Å². The van der Waals surface area contributed by atoms with Crippen LogP contribution in [-0.4, -0.2) is 10.3 Å². The highest BCUT2D eigenvalue weighted by Crippen LogP contribution is 2.21. The van der Waals surface area contributed by atoms with Crippen LogP contribution in [0, 0.1) is 13.8 Å². The van der Waals surface area contributed by atoms with Gasteiger partial charge in [0.25, 0.3) is 0 Å². The first-order valence-corrected chi connectivity index (χ1v) is 5.33. The summed E-state index contributed by atoms with van der Waals surface area (Å²) in [5, 5.41) is 13.9. The number of aliphatic hydroxyl groups is 1. The Kier molecular flexibility index (Phi) is 3.06. The predicted octanol–water partition coefficient (Wildman–Crippen LogP) is 2.57. The van der Waals surface area contributed by atoms with Crippen LogP contribution >= 0.6 is 0 Å². The van der Waals surface area contributed by atoms with Gasteiger partial charge in [-0.15, -0.1) is 0 Å². The van der Waals surface area contributed by atoms with Crippen molar-refractivity contribution in [3.8, 4) is 0 Å². The lowest BCUT2D eigenvalue weighted by molar-refractivity contribution is 0.166. The fraction of sp³-hybridized carbons (Fsp3) is 0.308. The summed E-state index contributed by atoms with van der Waals surface area (Å²) < 4.78 is 5.18. The van der Waals surface area contributed by atoms with Gasteiger partial charge in [-0.25, -0.2) is 0 Å². The second-order valence-electron chi connectivity index (χ2n) is 3.95. The van der Waals surface area contributed by atoms with E-state index in [1.807, 2.05) is 44.2 Å². The van der Waals surface area contributed by atoms with Crippen LogP contribution in [0.5, 0.6) is 0 Å². The summed E-state index contributed by atoms with van der Waals surface area (Å²) in [4.78, 5) is 0. The van der Waals surface area contributed by atoms with Gasteiger partial charge in [0.05, 0.1) is 11.8 Å². The fourth-order valence-corrected chi connectivity index (χ4v) is 1.62. The summed E-state index contributed by atoms with van der Waals surface area (Å²) in [6.07, 6.45) is -0.0660. The number of aromatic nitrogens is 1. The third-order valence-corrected chi connectivity index (χ3v) is 2.82. The molecule has 3 nitrogen and oxygen atoms in total. The molecule has 84 valence electrons. The molecular formula is C13H15NO2. The quantitative estimate of drug-likeness (QED) is 0.859. The second-order valence-corrected chi connectivity index (χ2v) is 3.95. The number of nitrogens with zero attached hydrogens (tertiary/aromatic N) is 1. The molecule has 16 heavy (non-hydrogen) atoms. The van der Waals surface area contributed by atoms with E-state index in [2.05, 4.69) is 5.16 Å². The van der Waals surface area contributed by atoms with Crippen molar-refractivity contribution in [2.75, 3.05) is 0 Å². The molecule has 0 amide bonds. The van der Waals surface area contributed by atoms with Gasteiger partial charge in [-0.2, -0.15) is 0 Å². The zero-order valence-corrected chi connectivity index (χ0v) is 9.47. The first kappa shape index (κ1) is 10.9. The molecule has 0 aliphatic heterocycles. The molecule has 1 atom stereocenters. The monoisotopic (exact) mass is 217 g/mol. The van der Waals surface area contributed by atoms with Crippen molar-refractivity contribution in [1.82, 2.24) is 5.16 Å². The van der Waals surface area contributed by atoms with E-state index >= 15 is 0 Å². The molecule has 1 heterocycles. The maximum absolute atomic E-state index is 10.0. The average molecular weight is 217 g/mol. The van der Waals surface area contributed by atoms with Gasteiger partial charge in [0.15, 0.2) is 0 Å². The zero-order chi connectivity index (χ0) is 11.5.